The van der Waals surface area contributed by atoms with Gasteiger partial charge < -0.3 is 19.5 Å². The Labute approximate surface area is 159 Å². The minimum atomic E-state index is -0.483. The summed E-state index contributed by atoms with van der Waals surface area (Å²) in [5, 5.41) is 3.29. The van der Waals surface area contributed by atoms with Gasteiger partial charge in [0.15, 0.2) is 5.76 Å². The highest BCUT2D eigenvalue weighted by atomic mass is 16.3. The van der Waals surface area contributed by atoms with Gasteiger partial charge in [0.05, 0.1) is 6.26 Å². The molecule has 0 radical (unpaired) electrons. The number of rotatable bonds is 3. The molecule has 0 bridgehead atoms. The molecule has 2 aromatic rings. The Morgan fingerprint density at radius 3 is 2.48 bits per heavy atom. The summed E-state index contributed by atoms with van der Waals surface area (Å²) in [6.07, 6.45) is 3.92. The van der Waals surface area contributed by atoms with E-state index in [2.05, 4.69) is 11.4 Å². The van der Waals surface area contributed by atoms with Crippen molar-refractivity contribution in [3.05, 3.63) is 59.5 Å². The first-order valence-electron chi connectivity index (χ1n) is 9.54. The van der Waals surface area contributed by atoms with Crippen LogP contribution in [-0.2, 0) is 17.8 Å². The van der Waals surface area contributed by atoms with Gasteiger partial charge in [-0.05, 0) is 43.1 Å². The zero-order valence-electron chi connectivity index (χ0n) is 15.6. The topological polar surface area (TPSA) is 65.8 Å². The summed E-state index contributed by atoms with van der Waals surface area (Å²) in [6.45, 7) is 1.88. The van der Waals surface area contributed by atoms with E-state index in [1.54, 1.807) is 17.0 Å². The molecule has 0 spiro atoms. The molecule has 1 N–H and O–H groups in total. The van der Waals surface area contributed by atoms with Crippen LogP contribution in [-0.4, -0.2) is 53.8 Å². The lowest BCUT2D eigenvalue weighted by molar-refractivity contribution is -0.137. The standard InChI is InChI=1S/C21H25N3O3/c1-22-17-8-10-23(11-9-17)20(25)18-13-15-5-2-3-6-16(15)14-24(18)21(26)19-7-4-12-27-19/h2-7,12,17-18,22H,8-11,13-14H2,1H3. The third kappa shape index (κ3) is 3.49. The molecule has 1 aromatic heterocycles. The van der Waals surface area contributed by atoms with E-state index in [4.69, 9.17) is 4.42 Å². The summed E-state index contributed by atoms with van der Waals surface area (Å²) in [5.41, 5.74) is 2.24. The van der Waals surface area contributed by atoms with Gasteiger partial charge >= 0.3 is 0 Å². The number of hydrogen-bond donors (Lipinski definition) is 1. The SMILES string of the molecule is CNC1CCN(C(=O)C2Cc3ccccc3CN2C(=O)c2ccco2)CC1. The number of piperidine rings is 1. The monoisotopic (exact) mass is 367 g/mol. The minimum absolute atomic E-state index is 0.0407. The van der Waals surface area contributed by atoms with Crippen LogP contribution in [0.4, 0.5) is 0 Å². The van der Waals surface area contributed by atoms with Crippen molar-refractivity contribution in [3.8, 4) is 0 Å². The molecule has 6 nitrogen and oxygen atoms in total. The van der Waals surface area contributed by atoms with Gasteiger partial charge in [0, 0.05) is 32.1 Å². The molecule has 1 saturated heterocycles. The molecule has 1 aromatic carbocycles. The van der Waals surface area contributed by atoms with Crippen molar-refractivity contribution in [2.24, 2.45) is 0 Å². The summed E-state index contributed by atoms with van der Waals surface area (Å²) >= 11 is 0. The number of furan rings is 1. The summed E-state index contributed by atoms with van der Waals surface area (Å²) < 4.78 is 5.31. The van der Waals surface area contributed by atoms with E-state index in [1.165, 1.54) is 6.26 Å². The largest absolute Gasteiger partial charge is 0.459 e. The Balaban J connectivity index is 1.59. The highest BCUT2D eigenvalue weighted by molar-refractivity contribution is 5.96. The first kappa shape index (κ1) is 17.8. The fraction of sp³-hybridized carbons (Fsp3) is 0.429. The average molecular weight is 367 g/mol. The zero-order chi connectivity index (χ0) is 18.8. The number of carbonyl (C=O) groups is 2. The van der Waals surface area contributed by atoms with Crippen molar-refractivity contribution in [3.63, 3.8) is 0 Å². The molecule has 4 rings (SSSR count). The Morgan fingerprint density at radius 1 is 1.07 bits per heavy atom. The highest BCUT2D eigenvalue weighted by Gasteiger charge is 2.38. The number of nitrogens with one attached hydrogen (secondary N) is 1. The van der Waals surface area contributed by atoms with Crippen molar-refractivity contribution >= 4 is 11.8 Å². The maximum Gasteiger partial charge on any atom is 0.290 e. The second-order valence-corrected chi connectivity index (χ2v) is 7.29. The van der Waals surface area contributed by atoms with Gasteiger partial charge in [-0.2, -0.15) is 0 Å². The predicted molar refractivity (Wildman–Crippen MR) is 101 cm³/mol. The molecule has 1 unspecified atom stereocenters. The second-order valence-electron chi connectivity index (χ2n) is 7.29. The Hall–Kier alpha value is -2.60. The number of benzene rings is 1. The van der Waals surface area contributed by atoms with Crippen LogP contribution in [0.1, 0.15) is 34.5 Å². The van der Waals surface area contributed by atoms with E-state index in [0.717, 1.165) is 37.1 Å². The van der Waals surface area contributed by atoms with Gasteiger partial charge in [-0.15, -0.1) is 0 Å². The number of likely N-dealkylation sites (tertiary alicyclic amines) is 1. The number of nitrogens with zero attached hydrogens (tertiary/aromatic N) is 2. The van der Waals surface area contributed by atoms with E-state index < -0.39 is 6.04 Å². The molecular weight excluding hydrogens is 342 g/mol. The van der Waals surface area contributed by atoms with Gasteiger partial charge in [0.25, 0.3) is 5.91 Å². The fourth-order valence-electron chi connectivity index (χ4n) is 4.10. The average Bonchev–Trinajstić information content (AvgIpc) is 3.26. The molecule has 1 fully saturated rings. The van der Waals surface area contributed by atoms with Crippen LogP contribution < -0.4 is 5.32 Å². The van der Waals surface area contributed by atoms with Crippen molar-refractivity contribution in [2.75, 3.05) is 20.1 Å². The highest BCUT2D eigenvalue weighted by Crippen LogP contribution is 2.27. The quantitative estimate of drug-likeness (QED) is 0.902. The smallest absolute Gasteiger partial charge is 0.290 e. The van der Waals surface area contributed by atoms with Gasteiger partial charge in [-0.25, -0.2) is 0 Å². The predicted octanol–water partition coefficient (Wildman–Crippen LogP) is 2.06. The molecular formula is C21H25N3O3. The van der Waals surface area contributed by atoms with Crippen molar-refractivity contribution in [1.82, 2.24) is 15.1 Å². The van der Waals surface area contributed by atoms with E-state index >= 15 is 0 Å². The Bertz CT molecular complexity index is 810. The minimum Gasteiger partial charge on any atom is -0.459 e. The molecule has 1 atom stereocenters. The number of amides is 2. The fourth-order valence-corrected chi connectivity index (χ4v) is 4.10. The summed E-state index contributed by atoms with van der Waals surface area (Å²) in [5.74, 6) is 0.0954. The zero-order valence-corrected chi connectivity index (χ0v) is 15.6. The van der Waals surface area contributed by atoms with Crippen molar-refractivity contribution in [2.45, 2.75) is 37.9 Å². The molecule has 2 aliphatic heterocycles. The van der Waals surface area contributed by atoms with Crippen molar-refractivity contribution in [1.29, 1.82) is 0 Å². The van der Waals surface area contributed by atoms with Crippen LogP contribution in [0.25, 0.3) is 0 Å². The van der Waals surface area contributed by atoms with Crippen LogP contribution in [0.3, 0.4) is 0 Å². The van der Waals surface area contributed by atoms with E-state index in [0.29, 0.717) is 19.0 Å². The molecule has 27 heavy (non-hydrogen) atoms. The molecule has 0 aliphatic carbocycles. The molecule has 2 amide bonds. The van der Waals surface area contributed by atoms with Crippen LogP contribution in [0.2, 0.25) is 0 Å². The van der Waals surface area contributed by atoms with Crippen LogP contribution in [0, 0.1) is 0 Å². The lowest BCUT2D eigenvalue weighted by atomic mass is 9.92. The molecule has 142 valence electrons. The summed E-state index contributed by atoms with van der Waals surface area (Å²) in [7, 11) is 1.96. The van der Waals surface area contributed by atoms with Gasteiger partial charge in [0.2, 0.25) is 5.91 Å². The first-order chi connectivity index (χ1) is 13.2. The maximum atomic E-state index is 13.3. The third-order valence-electron chi connectivity index (χ3n) is 5.74. The lowest BCUT2D eigenvalue weighted by Gasteiger charge is -2.40. The van der Waals surface area contributed by atoms with E-state index in [-0.39, 0.29) is 17.6 Å². The third-order valence-corrected chi connectivity index (χ3v) is 5.74. The van der Waals surface area contributed by atoms with Crippen molar-refractivity contribution < 1.29 is 14.0 Å². The van der Waals surface area contributed by atoms with Crippen LogP contribution in [0.5, 0.6) is 0 Å². The Morgan fingerprint density at radius 2 is 1.81 bits per heavy atom. The maximum absolute atomic E-state index is 13.3. The van der Waals surface area contributed by atoms with Gasteiger partial charge in [0.1, 0.15) is 6.04 Å². The Kier molecular flexibility index (Phi) is 4.99. The lowest BCUT2D eigenvalue weighted by Crippen LogP contribution is -2.55. The molecule has 6 heteroatoms. The van der Waals surface area contributed by atoms with E-state index in [1.807, 2.05) is 30.1 Å². The summed E-state index contributed by atoms with van der Waals surface area (Å²) in [4.78, 5) is 29.9. The normalized spacial score (nSPS) is 20.4. The molecule has 2 aliphatic rings. The second kappa shape index (κ2) is 7.56. The summed E-state index contributed by atoms with van der Waals surface area (Å²) in [6, 6.07) is 11.4. The first-order valence-corrected chi connectivity index (χ1v) is 9.54. The van der Waals surface area contributed by atoms with Crippen LogP contribution in [0.15, 0.2) is 47.1 Å². The van der Waals surface area contributed by atoms with Gasteiger partial charge in [-0.1, -0.05) is 24.3 Å². The van der Waals surface area contributed by atoms with Gasteiger partial charge in [-0.3, -0.25) is 9.59 Å². The van der Waals surface area contributed by atoms with E-state index in [9.17, 15) is 9.59 Å². The van der Waals surface area contributed by atoms with Crippen LogP contribution >= 0.6 is 0 Å². The molecule has 3 heterocycles. The number of fused-ring (bicyclic) bond motifs is 1. The molecule has 0 saturated carbocycles. The number of hydrogen-bond acceptors (Lipinski definition) is 4. The number of carbonyl (C=O) groups excluding carboxylic acids is 2.